The second kappa shape index (κ2) is 5.42. The summed E-state index contributed by atoms with van der Waals surface area (Å²) in [7, 11) is -1.04. The van der Waals surface area contributed by atoms with Crippen LogP contribution in [0.3, 0.4) is 0 Å². The molecular weight excluding hydrogens is 236 g/mol. The van der Waals surface area contributed by atoms with E-state index in [1.165, 1.54) is 0 Å². The Kier molecular flexibility index (Phi) is 4.42. The summed E-state index contributed by atoms with van der Waals surface area (Å²) in [5.74, 6) is 0.340. The first-order valence-electron chi connectivity index (χ1n) is 5.30. The molecule has 94 valence electrons. The average Bonchev–Trinajstić information content (AvgIpc) is 2.14. The second-order valence-electron chi connectivity index (χ2n) is 4.78. The van der Waals surface area contributed by atoms with Gasteiger partial charge in [0, 0.05) is 33.4 Å². The maximum absolute atomic E-state index is 11.8. The molecule has 0 saturated carbocycles. The Labute approximate surface area is 104 Å². The van der Waals surface area contributed by atoms with E-state index in [2.05, 4.69) is 0 Å². The highest BCUT2D eigenvalue weighted by Crippen LogP contribution is 2.10. The van der Waals surface area contributed by atoms with Gasteiger partial charge >= 0.3 is 0 Å². The summed E-state index contributed by atoms with van der Waals surface area (Å²) in [4.78, 5) is 11.0. The number of carbonyl (C=O) groups excluding carboxylic acids is 1. The molecule has 0 bridgehead atoms. The highest BCUT2D eigenvalue weighted by atomic mass is 32.2. The van der Waals surface area contributed by atoms with Gasteiger partial charge in [-0.05, 0) is 31.5 Å². The molecular formula is C12H18N2O2S. The van der Waals surface area contributed by atoms with Crippen LogP contribution < -0.4 is 11.5 Å². The van der Waals surface area contributed by atoms with Crippen LogP contribution >= 0.6 is 0 Å². The van der Waals surface area contributed by atoms with Crippen molar-refractivity contribution in [3.05, 3.63) is 35.4 Å². The molecule has 0 radical (unpaired) electrons. The predicted molar refractivity (Wildman–Crippen MR) is 69.9 cm³/mol. The molecule has 1 atom stereocenters. The van der Waals surface area contributed by atoms with E-state index in [0.717, 1.165) is 5.56 Å². The highest BCUT2D eigenvalue weighted by molar-refractivity contribution is 7.84. The average molecular weight is 254 g/mol. The van der Waals surface area contributed by atoms with Crippen LogP contribution in [0.5, 0.6) is 0 Å². The molecule has 1 unspecified atom stereocenters. The molecule has 4 nitrogen and oxygen atoms in total. The third-order valence-corrected chi connectivity index (χ3v) is 3.79. The minimum absolute atomic E-state index is 0.391. The van der Waals surface area contributed by atoms with E-state index in [1.807, 2.05) is 19.9 Å². The number of benzene rings is 1. The van der Waals surface area contributed by atoms with E-state index in [9.17, 15) is 9.00 Å². The van der Waals surface area contributed by atoms with Gasteiger partial charge in [-0.2, -0.15) is 0 Å². The summed E-state index contributed by atoms with van der Waals surface area (Å²) in [6.07, 6.45) is 0. The number of hydrogen-bond donors (Lipinski definition) is 2. The van der Waals surface area contributed by atoms with Gasteiger partial charge in [0.1, 0.15) is 0 Å². The van der Waals surface area contributed by atoms with Gasteiger partial charge in [0.2, 0.25) is 5.91 Å². The Hall–Kier alpha value is -1.20. The predicted octanol–water partition coefficient (Wildman–Crippen LogP) is 0.772. The van der Waals surface area contributed by atoms with Crippen LogP contribution in [0.15, 0.2) is 24.3 Å². The van der Waals surface area contributed by atoms with Gasteiger partial charge in [-0.25, -0.2) is 0 Å². The molecule has 1 aromatic rings. The molecule has 0 fully saturated rings. The molecule has 17 heavy (non-hydrogen) atoms. The van der Waals surface area contributed by atoms with Crippen molar-refractivity contribution in [2.75, 3.05) is 5.75 Å². The fourth-order valence-electron chi connectivity index (χ4n) is 1.47. The molecule has 1 amide bonds. The normalized spacial score (nSPS) is 13.4. The summed E-state index contributed by atoms with van der Waals surface area (Å²) in [5.41, 5.74) is 11.8. The van der Waals surface area contributed by atoms with Crippen molar-refractivity contribution in [1.29, 1.82) is 0 Å². The van der Waals surface area contributed by atoms with E-state index in [1.54, 1.807) is 18.2 Å². The van der Waals surface area contributed by atoms with Crippen molar-refractivity contribution in [2.45, 2.75) is 25.1 Å². The zero-order valence-corrected chi connectivity index (χ0v) is 10.9. The number of carbonyl (C=O) groups is 1. The molecule has 0 aliphatic carbocycles. The molecule has 1 aromatic carbocycles. The molecule has 5 heteroatoms. The third kappa shape index (κ3) is 5.10. The third-order valence-electron chi connectivity index (χ3n) is 2.07. The second-order valence-corrected chi connectivity index (χ2v) is 6.24. The minimum atomic E-state index is -1.04. The summed E-state index contributed by atoms with van der Waals surface area (Å²) in [5, 5.41) is 0. The maximum Gasteiger partial charge on any atom is 0.248 e. The Bertz CT molecular complexity index is 438. The molecule has 4 N–H and O–H groups in total. The smallest absolute Gasteiger partial charge is 0.248 e. The number of hydrogen-bond acceptors (Lipinski definition) is 3. The maximum atomic E-state index is 11.8. The molecule has 0 aliphatic rings. The van der Waals surface area contributed by atoms with Crippen molar-refractivity contribution >= 4 is 16.7 Å². The van der Waals surface area contributed by atoms with E-state index in [0.29, 0.717) is 17.1 Å². The zero-order valence-electron chi connectivity index (χ0n) is 10.1. The van der Waals surface area contributed by atoms with Gasteiger partial charge in [-0.3, -0.25) is 9.00 Å². The Morgan fingerprint density at radius 3 is 2.59 bits per heavy atom. The van der Waals surface area contributed by atoms with Crippen LogP contribution in [-0.2, 0) is 16.6 Å². The van der Waals surface area contributed by atoms with Gasteiger partial charge in [0.15, 0.2) is 0 Å². The van der Waals surface area contributed by atoms with E-state index < -0.39 is 22.2 Å². The summed E-state index contributed by atoms with van der Waals surface area (Å²) < 4.78 is 11.8. The molecule has 1 rings (SSSR count). The highest BCUT2D eigenvalue weighted by Gasteiger charge is 2.15. The lowest BCUT2D eigenvalue weighted by Gasteiger charge is -2.17. The largest absolute Gasteiger partial charge is 0.366 e. The number of primary amides is 1. The molecule has 0 heterocycles. The van der Waals surface area contributed by atoms with Gasteiger partial charge in [0.05, 0.1) is 0 Å². The minimum Gasteiger partial charge on any atom is -0.366 e. The van der Waals surface area contributed by atoms with Crippen LogP contribution in [0, 0.1) is 0 Å². The first-order valence-corrected chi connectivity index (χ1v) is 6.79. The standard InChI is InChI=1S/C12H18N2O2S/c1-12(2,14)8-17(16)7-9-4-3-5-10(6-9)11(13)15/h3-6H,7-8,14H2,1-2H3,(H2,13,15). The van der Waals surface area contributed by atoms with E-state index in [4.69, 9.17) is 11.5 Å². The zero-order chi connectivity index (χ0) is 13.1. The number of rotatable bonds is 5. The first kappa shape index (κ1) is 13.9. The molecule has 0 spiro atoms. The number of amides is 1. The summed E-state index contributed by atoms with van der Waals surface area (Å²) in [6.45, 7) is 3.68. The fourth-order valence-corrected chi connectivity index (χ4v) is 2.95. The molecule has 0 aromatic heterocycles. The Balaban J connectivity index is 2.72. The molecule has 0 saturated heterocycles. The lowest BCUT2D eigenvalue weighted by molar-refractivity contribution is 0.1000. The van der Waals surface area contributed by atoms with Crippen molar-refractivity contribution < 1.29 is 9.00 Å². The quantitative estimate of drug-likeness (QED) is 0.813. The van der Waals surface area contributed by atoms with Crippen LogP contribution in [-0.4, -0.2) is 21.4 Å². The van der Waals surface area contributed by atoms with Gasteiger partial charge in [-0.15, -0.1) is 0 Å². The van der Waals surface area contributed by atoms with E-state index >= 15 is 0 Å². The van der Waals surface area contributed by atoms with E-state index in [-0.39, 0.29) is 0 Å². The van der Waals surface area contributed by atoms with Crippen LogP contribution in [0.4, 0.5) is 0 Å². The summed E-state index contributed by atoms with van der Waals surface area (Å²) in [6, 6.07) is 6.87. The number of nitrogens with two attached hydrogens (primary N) is 2. The Morgan fingerprint density at radius 1 is 1.41 bits per heavy atom. The monoisotopic (exact) mass is 254 g/mol. The molecule has 0 aliphatic heterocycles. The van der Waals surface area contributed by atoms with Crippen molar-refractivity contribution in [3.63, 3.8) is 0 Å². The van der Waals surface area contributed by atoms with Gasteiger partial charge < -0.3 is 11.5 Å². The SMILES string of the molecule is CC(C)(N)CS(=O)Cc1cccc(C(N)=O)c1. The fraction of sp³-hybridized carbons (Fsp3) is 0.417. The van der Waals surface area contributed by atoms with Crippen LogP contribution in [0.25, 0.3) is 0 Å². The topological polar surface area (TPSA) is 86.2 Å². The summed E-state index contributed by atoms with van der Waals surface area (Å²) >= 11 is 0. The first-order chi connectivity index (χ1) is 7.78. The van der Waals surface area contributed by atoms with Crippen molar-refractivity contribution in [2.24, 2.45) is 11.5 Å². The Morgan fingerprint density at radius 2 is 2.06 bits per heavy atom. The lowest BCUT2D eigenvalue weighted by atomic mass is 10.1. The van der Waals surface area contributed by atoms with Gasteiger partial charge in [-0.1, -0.05) is 12.1 Å². The van der Waals surface area contributed by atoms with Crippen molar-refractivity contribution in [3.8, 4) is 0 Å². The van der Waals surface area contributed by atoms with Gasteiger partial charge in [0.25, 0.3) is 0 Å². The van der Waals surface area contributed by atoms with Crippen LogP contribution in [0.1, 0.15) is 29.8 Å². The lowest BCUT2D eigenvalue weighted by Crippen LogP contribution is -2.38. The van der Waals surface area contributed by atoms with Crippen molar-refractivity contribution in [1.82, 2.24) is 0 Å². The van der Waals surface area contributed by atoms with Crippen LogP contribution in [0.2, 0.25) is 0 Å².